The molecule has 0 aliphatic carbocycles. The first-order valence-corrected chi connectivity index (χ1v) is 10.0. The number of amides is 1. The van der Waals surface area contributed by atoms with Crippen LogP contribution in [0, 0.1) is 12.7 Å². The van der Waals surface area contributed by atoms with Crippen molar-refractivity contribution in [2.75, 3.05) is 23.4 Å². The smallest absolute Gasteiger partial charge is 0.262 e. The Labute approximate surface area is 178 Å². The quantitative estimate of drug-likeness (QED) is 0.686. The minimum absolute atomic E-state index is 0.00990. The van der Waals surface area contributed by atoms with Crippen LogP contribution >= 0.6 is 0 Å². The summed E-state index contributed by atoms with van der Waals surface area (Å²) in [4.78, 5) is 18.2. The zero-order valence-corrected chi connectivity index (χ0v) is 17.1. The van der Waals surface area contributed by atoms with E-state index < -0.39 is 0 Å². The second-order valence-corrected chi connectivity index (χ2v) is 7.69. The molecule has 2 aliphatic rings. The molecule has 0 saturated heterocycles. The summed E-state index contributed by atoms with van der Waals surface area (Å²) < 4.78 is 30.5. The number of ether oxygens (including phenoxy) is 2. The first-order chi connectivity index (χ1) is 15.0. The zero-order chi connectivity index (χ0) is 21.5. The lowest BCUT2D eigenvalue weighted by Crippen LogP contribution is -2.46. The highest BCUT2D eigenvalue weighted by molar-refractivity contribution is 5.95. The van der Waals surface area contributed by atoms with E-state index in [1.54, 1.807) is 13.0 Å². The molecule has 1 N–H and O–H groups in total. The molecule has 1 amide bonds. The van der Waals surface area contributed by atoms with Gasteiger partial charge in [-0.2, -0.15) is 4.98 Å². The summed E-state index contributed by atoms with van der Waals surface area (Å²) >= 11 is 0. The van der Waals surface area contributed by atoms with Gasteiger partial charge in [0.2, 0.25) is 5.89 Å². The Hall–Kier alpha value is -3.62. The highest BCUT2D eigenvalue weighted by atomic mass is 19.1. The zero-order valence-electron chi connectivity index (χ0n) is 17.1. The van der Waals surface area contributed by atoms with E-state index in [1.165, 1.54) is 12.1 Å². The van der Waals surface area contributed by atoms with E-state index in [4.69, 9.17) is 14.0 Å². The maximum Gasteiger partial charge on any atom is 0.262 e. The second-order valence-electron chi connectivity index (χ2n) is 7.69. The minimum atomic E-state index is -0.356. The third-order valence-corrected chi connectivity index (χ3v) is 5.54. The van der Waals surface area contributed by atoms with Crippen LogP contribution in [0.5, 0.6) is 11.5 Å². The van der Waals surface area contributed by atoms with Crippen LogP contribution in [0.15, 0.2) is 40.9 Å². The monoisotopic (exact) mass is 424 g/mol. The molecule has 9 heteroatoms. The van der Waals surface area contributed by atoms with Gasteiger partial charge >= 0.3 is 0 Å². The van der Waals surface area contributed by atoms with Crippen LogP contribution < -0.4 is 19.7 Å². The number of benzene rings is 2. The van der Waals surface area contributed by atoms with Gasteiger partial charge in [-0.25, -0.2) is 4.39 Å². The maximum atomic E-state index is 13.8. The molecule has 2 atom stereocenters. The molecular formula is C22H21FN4O4. The Morgan fingerprint density at radius 1 is 1.23 bits per heavy atom. The molecule has 3 aromatic rings. The van der Waals surface area contributed by atoms with Crippen LogP contribution in [0.3, 0.4) is 0 Å². The highest BCUT2D eigenvalue weighted by Crippen LogP contribution is 2.41. The molecule has 5 rings (SSSR count). The van der Waals surface area contributed by atoms with E-state index in [0.29, 0.717) is 41.9 Å². The van der Waals surface area contributed by atoms with Crippen molar-refractivity contribution in [2.45, 2.75) is 32.4 Å². The number of carbonyl (C=O) groups excluding carboxylic acids is 1. The SMILES string of the molecule is Cc1noc(CC2COc3cc(F)ccc3N2C(C)c2ccc3c(c2)NC(=O)CO3)n1. The van der Waals surface area contributed by atoms with E-state index in [9.17, 15) is 9.18 Å². The standard InChI is InChI=1S/C22H21FN4O4/c1-12(14-3-6-19-17(7-14)25-21(28)11-30-19)27-16(9-22-24-13(2)26-31-22)10-29-20-8-15(23)4-5-18(20)27/h3-8,12,16H,9-11H2,1-2H3,(H,25,28). The molecule has 2 aliphatic heterocycles. The number of nitrogens with zero attached hydrogens (tertiary/aromatic N) is 3. The molecule has 0 radical (unpaired) electrons. The number of hydrogen-bond acceptors (Lipinski definition) is 7. The number of aromatic nitrogens is 2. The van der Waals surface area contributed by atoms with Crippen molar-refractivity contribution in [1.29, 1.82) is 0 Å². The van der Waals surface area contributed by atoms with Crippen LogP contribution in [0.2, 0.25) is 0 Å². The lowest BCUT2D eigenvalue weighted by atomic mass is 9.99. The highest BCUT2D eigenvalue weighted by Gasteiger charge is 2.34. The minimum Gasteiger partial charge on any atom is -0.489 e. The Bertz CT molecular complexity index is 1150. The molecule has 1 aromatic heterocycles. The van der Waals surface area contributed by atoms with Crippen molar-refractivity contribution in [1.82, 2.24) is 10.1 Å². The first kappa shape index (κ1) is 19.3. The third-order valence-electron chi connectivity index (χ3n) is 5.54. The summed E-state index contributed by atoms with van der Waals surface area (Å²) in [6.07, 6.45) is 0.479. The predicted octanol–water partition coefficient (Wildman–Crippen LogP) is 3.42. The van der Waals surface area contributed by atoms with Gasteiger partial charge in [0.25, 0.3) is 5.91 Å². The Morgan fingerprint density at radius 3 is 2.90 bits per heavy atom. The molecule has 8 nitrogen and oxygen atoms in total. The van der Waals surface area contributed by atoms with Gasteiger partial charge in [0.15, 0.2) is 12.4 Å². The number of fused-ring (bicyclic) bond motifs is 2. The average Bonchev–Trinajstić information content (AvgIpc) is 3.17. The van der Waals surface area contributed by atoms with Gasteiger partial charge in [-0.1, -0.05) is 11.2 Å². The van der Waals surface area contributed by atoms with Gasteiger partial charge < -0.3 is 24.2 Å². The summed E-state index contributed by atoms with van der Waals surface area (Å²) in [5, 5.41) is 6.72. The number of rotatable bonds is 4. The number of aryl methyl sites for hydroxylation is 1. The molecule has 31 heavy (non-hydrogen) atoms. The van der Waals surface area contributed by atoms with E-state index in [1.807, 2.05) is 18.2 Å². The normalized spacial score (nSPS) is 18.4. The molecular weight excluding hydrogens is 403 g/mol. The van der Waals surface area contributed by atoms with Gasteiger partial charge in [-0.05, 0) is 43.7 Å². The van der Waals surface area contributed by atoms with Crippen molar-refractivity contribution in [3.8, 4) is 11.5 Å². The summed E-state index contributed by atoms with van der Waals surface area (Å²) in [5.41, 5.74) is 2.38. The lowest BCUT2D eigenvalue weighted by molar-refractivity contribution is -0.118. The van der Waals surface area contributed by atoms with Crippen LogP contribution in [0.4, 0.5) is 15.8 Å². The number of nitrogens with one attached hydrogen (secondary N) is 1. The first-order valence-electron chi connectivity index (χ1n) is 10.0. The number of halogens is 1. The fourth-order valence-corrected chi connectivity index (χ4v) is 4.11. The van der Waals surface area contributed by atoms with Gasteiger partial charge in [-0.3, -0.25) is 4.79 Å². The van der Waals surface area contributed by atoms with Gasteiger partial charge in [0.1, 0.15) is 23.9 Å². The van der Waals surface area contributed by atoms with Crippen molar-refractivity contribution in [2.24, 2.45) is 0 Å². The second kappa shape index (κ2) is 7.57. The fraction of sp³-hybridized carbons (Fsp3) is 0.318. The molecule has 3 heterocycles. The Balaban J connectivity index is 1.52. The van der Waals surface area contributed by atoms with Gasteiger partial charge in [-0.15, -0.1) is 0 Å². The maximum absolute atomic E-state index is 13.8. The van der Waals surface area contributed by atoms with Crippen LogP contribution in [-0.2, 0) is 11.2 Å². The van der Waals surface area contributed by atoms with Gasteiger partial charge in [0, 0.05) is 6.07 Å². The van der Waals surface area contributed by atoms with Crippen LogP contribution in [0.1, 0.15) is 30.2 Å². The Morgan fingerprint density at radius 2 is 2.10 bits per heavy atom. The molecule has 2 unspecified atom stereocenters. The Kier molecular flexibility index (Phi) is 4.72. The van der Waals surface area contributed by atoms with Crippen molar-refractivity contribution < 1.29 is 23.2 Å². The average molecular weight is 424 g/mol. The van der Waals surface area contributed by atoms with E-state index in [0.717, 1.165) is 11.3 Å². The molecule has 0 spiro atoms. The summed E-state index contributed by atoms with van der Waals surface area (Å²) in [5.74, 6) is 1.66. The van der Waals surface area contributed by atoms with Crippen LogP contribution in [0.25, 0.3) is 0 Å². The largest absolute Gasteiger partial charge is 0.489 e. The number of carbonyl (C=O) groups is 1. The van der Waals surface area contributed by atoms with E-state index >= 15 is 0 Å². The fourth-order valence-electron chi connectivity index (χ4n) is 4.11. The van der Waals surface area contributed by atoms with Gasteiger partial charge in [0.05, 0.1) is 29.9 Å². The number of anilines is 2. The molecule has 160 valence electrons. The molecule has 0 fully saturated rings. The molecule has 0 saturated carbocycles. The summed E-state index contributed by atoms with van der Waals surface area (Å²) in [6, 6.07) is 10.0. The molecule has 2 aromatic carbocycles. The summed E-state index contributed by atoms with van der Waals surface area (Å²) in [6.45, 7) is 4.17. The third kappa shape index (κ3) is 3.67. The topological polar surface area (TPSA) is 89.7 Å². The molecule has 0 bridgehead atoms. The van der Waals surface area contributed by atoms with E-state index in [-0.39, 0.29) is 30.4 Å². The predicted molar refractivity (Wildman–Crippen MR) is 110 cm³/mol. The van der Waals surface area contributed by atoms with Crippen molar-refractivity contribution in [3.05, 3.63) is 59.5 Å². The van der Waals surface area contributed by atoms with Crippen LogP contribution in [-0.4, -0.2) is 35.3 Å². The van der Waals surface area contributed by atoms with Crippen molar-refractivity contribution in [3.63, 3.8) is 0 Å². The van der Waals surface area contributed by atoms with E-state index in [2.05, 4.69) is 27.3 Å². The lowest BCUT2D eigenvalue weighted by Gasteiger charge is -2.42. The number of hydrogen-bond donors (Lipinski definition) is 1. The summed E-state index contributed by atoms with van der Waals surface area (Å²) in [7, 11) is 0. The van der Waals surface area contributed by atoms with Crippen molar-refractivity contribution >= 4 is 17.3 Å².